The molecule has 0 bridgehead atoms. The fourth-order valence-corrected chi connectivity index (χ4v) is 3.13. The average Bonchev–Trinajstić information content (AvgIpc) is 3.17. The number of rotatable bonds is 8. The van der Waals surface area contributed by atoms with Crippen molar-refractivity contribution in [2.45, 2.75) is 19.4 Å². The van der Waals surface area contributed by atoms with Crippen molar-refractivity contribution in [3.63, 3.8) is 0 Å². The minimum absolute atomic E-state index is 0.0885. The molecule has 1 atom stereocenters. The molecular formula is C23H27N3O3. The van der Waals surface area contributed by atoms with E-state index >= 15 is 0 Å². The Kier molecular flexibility index (Phi) is 6.67. The summed E-state index contributed by atoms with van der Waals surface area (Å²) in [5.41, 5.74) is 3.84. The van der Waals surface area contributed by atoms with Crippen LogP contribution in [0.1, 0.15) is 22.9 Å². The van der Waals surface area contributed by atoms with Crippen molar-refractivity contribution in [3.8, 4) is 17.1 Å². The second-order valence-electron chi connectivity index (χ2n) is 7.29. The van der Waals surface area contributed by atoms with Crippen molar-refractivity contribution in [2.75, 3.05) is 27.7 Å². The number of hydrogen-bond donors (Lipinski definition) is 1. The standard InChI is InChI=1S/C23H27N3O3/c1-16-8-10-17(11-9-16)21(26(2)3)15-24-23(27)14-19-13-22(29-25-19)18-6-5-7-20(12-18)28-4/h5-13,21H,14-15H2,1-4H3,(H,24,27). The van der Waals surface area contributed by atoms with Gasteiger partial charge in [0.15, 0.2) is 5.76 Å². The van der Waals surface area contributed by atoms with Gasteiger partial charge in [-0.05, 0) is 38.7 Å². The van der Waals surface area contributed by atoms with E-state index in [0.29, 0.717) is 18.0 Å². The highest BCUT2D eigenvalue weighted by atomic mass is 16.5. The Labute approximate surface area is 171 Å². The van der Waals surface area contributed by atoms with Crippen molar-refractivity contribution < 1.29 is 14.1 Å². The highest BCUT2D eigenvalue weighted by molar-refractivity contribution is 5.78. The SMILES string of the molecule is COc1cccc(-c2cc(CC(=O)NCC(c3ccc(C)cc3)N(C)C)no2)c1. The number of nitrogens with one attached hydrogen (secondary N) is 1. The third-order valence-corrected chi connectivity index (χ3v) is 4.83. The molecule has 0 aliphatic rings. The van der Waals surface area contributed by atoms with E-state index in [-0.39, 0.29) is 18.4 Å². The zero-order valence-corrected chi connectivity index (χ0v) is 17.3. The molecule has 0 radical (unpaired) electrons. The molecule has 1 aromatic heterocycles. The number of carbonyl (C=O) groups excluding carboxylic acids is 1. The highest BCUT2D eigenvalue weighted by Crippen LogP contribution is 2.24. The van der Waals surface area contributed by atoms with Gasteiger partial charge in [0, 0.05) is 18.2 Å². The Morgan fingerprint density at radius 3 is 2.62 bits per heavy atom. The number of aryl methyl sites for hydroxylation is 1. The lowest BCUT2D eigenvalue weighted by molar-refractivity contribution is -0.120. The van der Waals surface area contributed by atoms with E-state index in [1.165, 1.54) is 11.1 Å². The molecule has 152 valence electrons. The van der Waals surface area contributed by atoms with Crippen LogP contribution >= 0.6 is 0 Å². The quantitative estimate of drug-likeness (QED) is 0.633. The zero-order valence-electron chi connectivity index (χ0n) is 17.3. The van der Waals surface area contributed by atoms with Crippen LogP contribution in [-0.2, 0) is 11.2 Å². The predicted octanol–water partition coefficient (Wildman–Crippen LogP) is 3.62. The molecule has 0 spiro atoms. The molecule has 2 aromatic carbocycles. The minimum atomic E-state index is -0.0885. The monoisotopic (exact) mass is 393 g/mol. The summed E-state index contributed by atoms with van der Waals surface area (Å²) in [6, 6.07) is 17.8. The summed E-state index contributed by atoms with van der Waals surface area (Å²) in [4.78, 5) is 14.5. The molecule has 6 nitrogen and oxygen atoms in total. The first-order valence-electron chi connectivity index (χ1n) is 9.56. The molecule has 29 heavy (non-hydrogen) atoms. The van der Waals surface area contributed by atoms with Crippen molar-refractivity contribution in [1.29, 1.82) is 0 Å². The van der Waals surface area contributed by atoms with Crippen molar-refractivity contribution >= 4 is 5.91 Å². The molecule has 1 N–H and O–H groups in total. The van der Waals surface area contributed by atoms with Gasteiger partial charge < -0.3 is 19.5 Å². The Morgan fingerprint density at radius 1 is 1.17 bits per heavy atom. The van der Waals surface area contributed by atoms with E-state index in [2.05, 4.69) is 46.6 Å². The molecule has 0 aliphatic carbocycles. The summed E-state index contributed by atoms with van der Waals surface area (Å²) in [7, 11) is 5.64. The van der Waals surface area contributed by atoms with Crippen LogP contribution in [-0.4, -0.2) is 43.7 Å². The van der Waals surface area contributed by atoms with E-state index in [1.54, 1.807) is 13.2 Å². The van der Waals surface area contributed by atoms with Gasteiger partial charge in [0.1, 0.15) is 5.75 Å². The molecule has 3 rings (SSSR count). The summed E-state index contributed by atoms with van der Waals surface area (Å²) in [5, 5.41) is 7.04. The second kappa shape index (κ2) is 9.39. The van der Waals surface area contributed by atoms with Crippen molar-refractivity contribution in [3.05, 3.63) is 71.4 Å². The van der Waals surface area contributed by atoms with Gasteiger partial charge in [0.2, 0.25) is 5.91 Å². The summed E-state index contributed by atoms with van der Waals surface area (Å²) in [5.74, 6) is 1.26. The van der Waals surface area contributed by atoms with Gasteiger partial charge >= 0.3 is 0 Å². The van der Waals surface area contributed by atoms with Crippen molar-refractivity contribution in [1.82, 2.24) is 15.4 Å². The maximum Gasteiger partial charge on any atom is 0.226 e. The lowest BCUT2D eigenvalue weighted by Gasteiger charge is -2.25. The average molecular weight is 393 g/mol. The molecule has 6 heteroatoms. The van der Waals surface area contributed by atoms with Crippen LogP contribution < -0.4 is 10.1 Å². The number of nitrogens with zero attached hydrogens (tertiary/aromatic N) is 2. The van der Waals surface area contributed by atoms with Gasteiger partial charge in [-0.15, -0.1) is 0 Å². The molecule has 1 amide bonds. The number of ether oxygens (including phenoxy) is 1. The zero-order chi connectivity index (χ0) is 20.8. The number of likely N-dealkylation sites (N-methyl/N-ethyl adjacent to an activating group) is 1. The largest absolute Gasteiger partial charge is 0.497 e. The normalized spacial score (nSPS) is 12.0. The van der Waals surface area contributed by atoms with Crippen LogP contribution in [0.2, 0.25) is 0 Å². The summed E-state index contributed by atoms with van der Waals surface area (Å²) < 4.78 is 10.6. The van der Waals surface area contributed by atoms with Crippen LogP contribution in [0.25, 0.3) is 11.3 Å². The molecule has 0 aliphatic heterocycles. The molecule has 1 unspecified atom stereocenters. The van der Waals surface area contributed by atoms with E-state index in [0.717, 1.165) is 11.3 Å². The molecule has 1 heterocycles. The Hall–Kier alpha value is -3.12. The van der Waals surface area contributed by atoms with Crippen LogP contribution in [0.4, 0.5) is 0 Å². The number of benzene rings is 2. The first-order valence-corrected chi connectivity index (χ1v) is 9.56. The van der Waals surface area contributed by atoms with Gasteiger partial charge in [0.05, 0.1) is 25.3 Å². The molecule has 0 fully saturated rings. The van der Waals surface area contributed by atoms with E-state index in [9.17, 15) is 4.79 Å². The van der Waals surface area contributed by atoms with E-state index in [4.69, 9.17) is 9.26 Å². The third-order valence-electron chi connectivity index (χ3n) is 4.83. The van der Waals surface area contributed by atoms with E-state index < -0.39 is 0 Å². The van der Waals surface area contributed by atoms with Gasteiger partial charge in [-0.25, -0.2) is 0 Å². The molecule has 3 aromatic rings. The topological polar surface area (TPSA) is 67.6 Å². The van der Waals surface area contributed by atoms with Gasteiger partial charge in [-0.2, -0.15) is 0 Å². The Morgan fingerprint density at radius 2 is 1.93 bits per heavy atom. The maximum atomic E-state index is 12.4. The van der Waals surface area contributed by atoms with Crippen LogP contribution in [0.5, 0.6) is 5.75 Å². The summed E-state index contributed by atoms with van der Waals surface area (Å²) in [6.45, 7) is 2.59. The van der Waals surface area contributed by atoms with Crippen LogP contribution in [0, 0.1) is 6.92 Å². The lowest BCUT2D eigenvalue weighted by atomic mass is 10.0. The number of hydrogen-bond acceptors (Lipinski definition) is 5. The lowest BCUT2D eigenvalue weighted by Crippen LogP contribution is -2.35. The fourth-order valence-electron chi connectivity index (χ4n) is 3.13. The smallest absolute Gasteiger partial charge is 0.226 e. The van der Waals surface area contributed by atoms with E-state index in [1.807, 2.05) is 38.4 Å². The molecule has 0 saturated carbocycles. The predicted molar refractivity (Wildman–Crippen MR) is 113 cm³/mol. The first kappa shape index (κ1) is 20.6. The van der Waals surface area contributed by atoms with Gasteiger partial charge in [0.25, 0.3) is 0 Å². The van der Waals surface area contributed by atoms with Crippen LogP contribution in [0.15, 0.2) is 59.1 Å². The maximum absolute atomic E-state index is 12.4. The van der Waals surface area contributed by atoms with Gasteiger partial charge in [-0.1, -0.05) is 47.1 Å². The summed E-state index contributed by atoms with van der Waals surface area (Å²) in [6.07, 6.45) is 0.168. The molecule has 0 saturated heterocycles. The highest BCUT2D eigenvalue weighted by Gasteiger charge is 2.16. The van der Waals surface area contributed by atoms with Gasteiger partial charge in [-0.3, -0.25) is 4.79 Å². The Bertz CT molecular complexity index is 948. The third kappa shape index (κ3) is 5.45. The molecular weight excluding hydrogens is 366 g/mol. The van der Waals surface area contributed by atoms with Crippen LogP contribution in [0.3, 0.4) is 0 Å². The number of amides is 1. The number of methoxy groups -OCH3 is 1. The summed E-state index contributed by atoms with van der Waals surface area (Å²) >= 11 is 0. The van der Waals surface area contributed by atoms with Crippen molar-refractivity contribution in [2.24, 2.45) is 0 Å². The minimum Gasteiger partial charge on any atom is -0.497 e. The fraction of sp³-hybridized carbons (Fsp3) is 0.304. The second-order valence-corrected chi connectivity index (χ2v) is 7.29. The number of aromatic nitrogens is 1. The number of carbonyl (C=O) groups is 1. The first-order chi connectivity index (χ1) is 14.0. The Balaban J connectivity index is 1.60.